The average molecular weight is 494 g/mol. The van der Waals surface area contributed by atoms with E-state index in [0.717, 1.165) is 30.8 Å². The van der Waals surface area contributed by atoms with Crippen LogP contribution in [0.25, 0.3) is 0 Å². The van der Waals surface area contributed by atoms with Gasteiger partial charge in [0.2, 0.25) is 0 Å². The van der Waals surface area contributed by atoms with Crippen LogP contribution in [-0.2, 0) is 21.4 Å². The molecule has 1 fully saturated rings. The molecule has 3 aromatic carbocycles. The second-order valence-corrected chi connectivity index (χ2v) is 10.6. The van der Waals surface area contributed by atoms with Crippen molar-refractivity contribution in [1.82, 2.24) is 9.80 Å². The summed E-state index contributed by atoms with van der Waals surface area (Å²) in [6, 6.07) is 22.0. The molecule has 1 aliphatic rings. The first-order valence-electron chi connectivity index (χ1n) is 11.7. The van der Waals surface area contributed by atoms with Gasteiger partial charge in [-0.25, -0.2) is 8.42 Å². The van der Waals surface area contributed by atoms with Gasteiger partial charge in [-0.3, -0.25) is 14.4 Å². The van der Waals surface area contributed by atoms with E-state index in [1.165, 1.54) is 17.7 Å². The van der Waals surface area contributed by atoms with E-state index in [4.69, 9.17) is 4.74 Å². The van der Waals surface area contributed by atoms with Crippen LogP contribution in [0.2, 0.25) is 0 Å². The second kappa shape index (κ2) is 10.9. The molecule has 1 heterocycles. The van der Waals surface area contributed by atoms with Crippen molar-refractivity contribution in [2.45, 2.75) is 25.3 Å². The second-order valence-electron chi connectivity index (χ2n) is 8.88. The van der Waals surface area contributed by atoms with Crippen molar-refractivity contribution in [2.75, 3.05) is 37.5 Å². The molecule has 1 saturated heterocycles. The molecule has 4 rings (SSSR count). The maximum atomic E-state index is 12.7. The van der Waals surface area contributed by atoms with Gasteiger partial charge in [-0.1, -0.05) is 36.4 Å². The monoisotopic (exact) mass is 493 g/mol. The number of nitrogens with one attached hydrogen (secondary N) is 1. The summed E-state index contributed by atoms with van der Waals surface area (Å²) in [6.07, 6.45) is 0. The first kappa shape index (κ1) is 24.8. The number of carbonyl (C=O) groups is 1. The minimum atomic E-state index is -3.73. The number of benzene rings is 3. The number of anilines is 1. The highest BCUT2D eigenvalue weighted by Gasteiger charge is 2.21. The third-order valence-corrected chi connectivity index (χ3v) is 7.34. The lowest BCUT2D eigenvalue weighted by Crippen LogP contribution is -2.49. The Kier molecular flexibility index (Phi) is 7.73. The Morgan fingerprint density at radius 3 is 2.14 bits per heavy atom. The number of nitrogens with zero attached hydrogens (tertiary/aromatic N) is 2. The van der Waals surface area contributed by atoms with Gasteiger partial charge in [0.25, 0.3) is 15.9 Å². The molecule has 1 amide bonds. The van der Waals surface area contributed by atoms with E-state index < -0.39 is 10.0 Å². The Balaban J connectivity index is 1.26. The quantitative estimate of drug-likeness (QED) is 0.516. The highest BCUT2D eigenvalue weighted by Crippen LogP contribution is 2.21. The molecule has 0 bridgehead atoms. The van der Waals surface area contributed by atoms with Crippen LogP contribution in [0.3, 0.4) is 0 Å². The fraction of sp³-hybridized carbons (Fsp3) is 0.296. The maximum absolute atomic E-state index is 12.7. The molecule has 184 valence electrons. The highest BCUT2D eigenvalue weighted by molar-refractivity contribution is 7.92. The molecule has 7 nitrogen and oxygen atoms in total. The first-order valence-corrected chi connectivity index (χ1v) is 13.1. The van der Waals surface area contributed by atoms with E-state index in [-0.39, 0.29) is 17.4 Å². The van der Waals surface area contributed by atoms with E-state index in [2.05, 4.69) is 21.8 Å². The minimum absolute atomic E-state index is 0.0717. The van der Waals surface area contributed by atoms with Gasteiger partial charge in [0, 0.05) is 38.4 Å². The lowest BCUT2D eigenvalue weighted by atomic mass is 10.1. The molecule has 0 saturated carbocycles. The van der Waals surface area contributed by atoms with Crippen LogP contribution in [0.1, 0.15) is 16.7 Å². The van der Waals surface area contributed by atoms with Crippen LogP contribution in [0.4, 0.5) is 5.69 Å². The first-order chi connectivity index (χ1) is 16.8. The molecule has 0 spiro atoms. The lowest BCUT2D eigenvalue weighted by molar-refractivity contribution is -0.135. The zero-order valence-electron chi connectivity index (χ0n) is 20.1. The summed E-state index contributed by atoms with van der Waals surface area (Å²) in [7, 11) is -3.73. The van der Waals surface area contributed by atoms with Crippen LogP contribution in [0.5, 0.6) is 5.75 Å². The fourth-order valence-corrected chi connectivity index (χ4v) is 5.24. The van der Waals surface area contributed by atoms with Crippen molar-refractivity contribution >= 4 is 21.6 Å². The van der Waals surface area contributed by atoms with Crippen molar-refractivity contribution in [3.05, 3.63) is 89.5 Å². The van der Waals surface area contributed by atoms with Crippen molar-refractivity contribution < 1.29 is 17.9 Å². The summed E-state index contributed by atoms with van der Waals surface area (Å²) >= 11 is 0. The number of carbonyl (C=O) groups excluding carboxylic acids is 1. The van der Waals surface area contributed by atoms with Crippen LogP contribution < -0.4 is 9.46 Å². The summed E-state index contributed by atoms with van der Waals surface area (Å²) < 4.78 is 33.7. The Labute approximate surface area is 207 Å². The number of piperazine rings is 1. The van der Waals surface area contributed by atoms with E-state index in [1.54, 1.807) is 24.3 Å². The molecule has 0 unspecified atom stereocenters. The van der Waals surface area contributed by atoms with E-state index in [0.29, 0.717) is 24.5 Å². The van der Waals surface area contributed by atoms with Gasteiger partial charge < -0.3 is 9.64 Å². The number of hydrogen-bond donors (Lipinski definition) is 1. The highest BCUT2D eigenvalue weighted by atomic mass is 32.2. The van der Waals surface area contributed by atoms with Crippen LogP contribution in [0, 0.1) is 13.8 Å². The predicted molar refractivity (Wildman–Crippen MR) is 137 cm³/mol. The van der Waals surface area contributed by atoms with E-state index in [9.17, 15) is 13.2 Å². The largest absolute Gasteiger partial charge is 0.484 e. The van der Waals surface area contributed by atoms with Gasteiger partial charge in [-0.05, 0) is 66.9 Å². The third kappa shape index (κ3) is 6.83. The predicted octanol–water partition coefficient (Wildman–Crippen LogP) is 3.83. The van der Waals surface area contributed by atoms with Gasteiger partial charge in [-0.2, -0.15) is 0 Å². The maximum Gasteiger partial charge on any atom is 0.261 e. The minimum Gasteiger partial charge on any atom is -0.484 e. The summed E-state index contributed by atoms with van der Waals surface area (Å²) in [6.45, 7) is 7.61. The molecule has 1 N–H and O–H groups in total. The summed E-state index contributed by atoms with van der Waals surface area (Å²) in [4.78, 5) is 16.9. The molecule has 8 heteroatoms. The zero-order valence-corrected chi connectivity index (χ0v) is 20.9. The zero-order chi connectivity index (χ0) is 24.8. The number of aryl methyl sites for hydroxylation is 2. The normalized spacial score (nSPS) is 14.5. The van der Waals surface area contributed by atoms with Gasteiger partial charge in [0.1, 0.15) is 5.75 Å². The molecule has 3 aromatic rings. The molecule has 35 heavy (non-hydrogen) atoms. The van der Waals surface area contributed by atoms with Gasteiger partial charge in [-0.15, -0.1) is 0 Å². The number of rotatable bonds is 8. The van der Waals surface area contributed by atoms with Crippen LogP contribution in [0.15, 0.2) is 77.7 Å². The topological polar surface area (TPSA) is 78.9 Å². The van der Waals surface area contributed by atoms with Crippen LogP contribution in [-0.4, -0.2) is 56.9 Å². The molecule has 0 aromatic heterocycles. The lowest BCUT2D eigenvalue weighted by Gasteiger charge is -2.34. The Hall–Kier alpha value is -3.36. The van der Waals surface area contributed by atoms with Crippen LogP contribution >= 0.6 is 0 Å². The molecule has 1 aliphatic heterocycles. The van der Waals surface area contributed by atoms with Crippen molar-refractivity contribution in [1.29, 1.82) is 0 Å². The van der Waals surface area contributed by atoms with Crippen molar-refractivity contribution in [2.24, 2.45) is 0 Å². The standard InChI is InChI=1S/C27H31N3O4S/c1-21-16-22(2)18-24(17-21)28-35(32,33)26-10-8-25(9-11-26)34-20-27(31)30-14-12-29(13-15-30)19-23-6-4-3-5-7-23/h3-11,16-18,28H,12-15,19-20H2,1-2H3. The van der Waals surface area contributed by atoms with E-state index >= 15 is 0 Å². The van der Waals surface area contributed by atoms with Gasteiger partial charge in [0.05, 0.1) is 4.90 Å². The van der Waals surface area contributed by atoms with Gasteiger partial charge >= 0.3 is 0 Å². The molecular weight excluding hydrogens is 462 g/mol. The van der Waals surface area contributed by atoms with E-state index in [1.807, 2.05) is 43.0 Å². The number of ether oxygens (including phenoxy) is 1. The molecule has 0 atom stereocenters. The smallest absolute Gasteiger partial charge is 0.261 e. The molecule has 0 aliphatic carbocycles. The number of hydrogen-bond acceptors (Lipinski definition) is 5. The summed E-state index contributed by atoms with van der Waals surface area (Å²) in [5.41, 5.74) is 3.75. The third-order valence-electron chi connectivity index (χ3n) is 5.94. The van der Waals surface area contributed by atoms with Crippen molar-refractivity contribution in [3.8, 4) is 5.75 Å². The van der Waals surface area contributed by atoms with Crippen molar-refractivity contribution in [3.63, 3.8) is 0 Å². The number of amides is 1. The Morgan fingerprint density at radius 2 is 1.51 bits per heavy atom. The Bertz CT molecular complexity index is 1230. The molecule has 0 radical (unpaired) electrons. The Morgan fingerprint density at radius 1 is 0.886 bits per heavy atom. The fourth-order valence-electron chi connectivity index (χ4n) is 4.20. The SMILES string of the molecule is Cc1cc(C)cc(NS(=O)(=O)c2ccc(OCC(=O)N3CCN(Cc4ccccc4)CC3)cc2)c1. The van der Waals surface area contributed by atoms with Gasteiger partial charge in [0.15, 0.2) is 6.61 Å². The molecular formula is C27H31N3O4S. The average Bonchev–Trinajstić information content (AvgIpc) is 2.83. The number of sulfonamides is 1. The summed E-state index contributed by atoms with van der Waals surface area (Å²) in [5, 5.41) is 0. The summed E-state index contributed by atoms with van der Waals surface area (Å²) in [5.74, 6) is 0.379.